The van der Waals surface area contributed by atoms with Gasteiger partial charge in [-0.2, -0.15) is 5.10 Å². The van der Waals surface area contributed by atoms with E-state index in [9.17, 15) is 14.9 Å². The molecule has 3 aromatic carbocycles. The van der Waals surface area contributed by atoms with E-state index in [0.29, 0.717) is 11.0 Å². The van der Waals surface area contributed by atoms with E-state index < -0.39 is 10.8 Å². The molecule has 0 spiro atoms. The number of non-ortho nitro benzene ring substituents is 1. The van der Waals surface area contributed by atoms with Crippen LogP contribution in [0.25, 0.3) is 27.4 Å². The van der Waals surface area contributed by atoms with Gasteiger partial charge in [0, 0.05) is 39.9 Å². The molecule has 0 aliphatic rings. The van der Waals surface area contributed by atoms with Gasteiger partial charge < -0.3 is 8.98 Å². The third-order valence-corrected chi connectivity index (χ3v) is 5.78. The van der Waals surface area contributed by atoms with Crippen LogP contribution in [0.2, 0.25) is 0 Å². The molecule has 0 fully saturated rings. The van der Waals surface area contributed by atoms with Crippen molar-refractivity contribution >= 4 is 39.6 Å². The zero-order chi connectivity index (χ0) is 23.8. The number of nitro groups is 1. The van der Waals surface area contributed by atoms with Crippen LogP contribution in [0.5, 0.6) is 0 Å². The third-order valence-electron chi connectivity index (χ3n) is 5.78. The quantitative estimate of drug-likeness (QED) is 0.211. The lowest BCUT2D eigenvalue weighted by Gasteiger charge is -2.12. The summed E-state index contributed by atoms with van der Waals surface area (Å²) >= 11 is 0. The lowest BCUT2D eigenvalue weighted by molar-refractivity contribution is -0.384. The Kier molecular flexibility index (Phi) is 5.18. The Balaban J connectivity index is 1.39. The van der Waals surface area contributed by atoms with Crippen LogP contribution in [-0.4, -0.2) is 21.6 Å². The number of carbonyl (C=O) groups excluding carboxylic acids is 1. The fourth-order valence-electron chi connectivity index (χ4n) is 4.16. The monoisotopic (exact) mass is 452 g/mol. The minimum atomic E-state index is -0.544. The first-order chi connectivity index (χ1) is 16.4. The Morgan fingerprint density at radius 2 is 1.82 bits per heavy atom. The first kappa shape index (κ1) is 21.1. The van der Waals surface area contributed by atoms with Crippen molar-refractivity contribution in [2.45, 2.75) is 13.8 Å². The Bertz CT molecular complexity index is 1600. The van der Waals surface area contributed by atoms with Gasteiger partial charge in [0.25, 0.3) is 5.69 Å². The van der Waals surface area contributed by atoms with Crippen molar-refractivity contribution in [1.82, 2.24) is 9.99 Å². The van der Waals surface area contributed by atoms with Crippen molar-refractivity contribution in [2.75, 3.05) is 0 Å². The molecule has 8 nitrogen and oxygen atoms in total. The summed E-state index contributed by atoms with van der Waals surface area (Å²) in [5.74, 6) is -0.521. The molecule has 1 N–H and O–H groups in total. The third kappa shape index (κ3) is 3.71. The van der Waals surface area contributed by atoms with Gasteiger partial charge in [0.15, 0.2) is 5.76 Å². The molecule has 2 aromatic heterocycles. The second-order valence-corrected chi connectivity index (χ2v) is 7.95. The molecule has 0 bridgehead atoms. The number of nitrogens with one attached hydrogen (secondary N) is 1. The van der Waals surface area contributed by atoms with Crippen LogP contribution >= 0.6 is 0 Å². The van der Waals surface area contributed by atoms with E-state index in [-0.39, 0.29) is 11.4 Å². The van der Waals surface area contributed by atoms with Crippen LogP contribution in [-0.2, 0) is 0 Å². The molecular formula is C26H20N4O4. The maximum atomic E-state index is 12.5. The van der Waals surface area contributed by atoms with Gasteiger partial charge in [-0.1, -0.05) is 36.4 Å². The zero-order valence-electron chi connectivity index (χ0n) is 18.5. The normalized spacial score (nSPS) is 11.5. The number of nitrogens with zero attached hydrogens (tertiary/aromatic N) is 3. The number of hydrogen-bond donors (Lipinski definition) is 1. The molecule has 0 saturated heterocycles. The molecule has 0 saturated carbocycles. The number of furan rings is 1. The summed E-state index contributed by atoms with van der Waals surface area (Å²) < 4.78 is 7.66. The Morgan fingerprint density at radius 3 is 2.65 bits per heavy atom. The molecule has 0 radical (unpaired) electrons. The molecule has 2 heterocycles. The first-order valence-electron chi connectivity index (χ1n) is 10.6. The highest BCUT2D eigenvalue weighted by atomic mass is 16.6. The minimum Gasteiger partial charge on any atom is -0.451 e. The fraction of sp³-hybridized carbons (Fsp3) is 0.0769. The molecule has 0 unspecified atom stereocenters. The molecule has 0 atom stereocenters. The lowest BCUT2D eigenvalue weighted by Crippen LogP contribution is -2.16. The van der Waals surface area contributed by atoms with Crippen LogP contribution in [0.15, 0.2) is 82.3 Å². The summed E-state index contributed by atoms with van der Waals surface area (Å²) in [5.41, 5.74) is 6.76. The van der Waals surface area contributed by atoms with Crippen molar-refractivity contribution in [3.63, 3.8) is 0 Å². The number of carbonyl (C=O) groups is 1. The van der Waals surface area contributed by atoms with Crippen molar-refractivity contribution in [3.8, 4) is 5.69 Å². The summed E-state index contributed by atoms with van der Waals surface area (Å²) in [5, 5.41) is 17.8. The molecule has 1 amide bonds. The zero-order valence-corrected chi connectivity index (χ0v) is 18.5. The van der Waals surface area contributed by atoms with Crippen LogP contribution in [0, 0.1) is 24.0 Å². The minimum absolute atomic E-state index is 0.0221. The summed E-state index contributed by atoms with van der Waals surface area (Å²) in [6.45, 7) is 4.03. The van der Waals surface area contributed by atoms with Gasteiger partial charge in [-0.05, 0) is 43.5 Å². The van der Waals surface area contributed by atoms with Crippen molar-refractivity contribution in [1.29, 1.82) is 0 Å². The second kappa shape index (κ2) is 8.32. The number of fused-ring (bicyclic) bond motifs is 2. The van der Waals surface area contributed by atoms with Crippen LogP contribution < -0.4 is 5.43 Å². The van der Waals surface area contributed by atoms with E-state index >= 15 is 0 Å². The average molecular weight is 452 g/mol. The Morgan fingerprint density at radius 1 is 1.03 bits per heavy atom. The van der Waals surface area contributed by atoms with Gasteiger partial charge in [-0.25, -0.2) is 5.43 Å². The van der Waals surface area contributed by atoms with Gasteiger partial charge in [0.1, 0.15) is 5.58 Å². The van der Waals surface area contributed by atoms with Crippen molar-refractivity contribution in [2.24, 2.45) is 5.10 Å². The second-order valence-electron chi connectivity index (χ2n) is 7.95. The highest BCUT2D eigenvalue weighted by Gasteiger charge is 2.15. The van der Waals surface area contributed by atoms with Gasteiger partial charge >= 0.3 is 5.91 Å². The first-order valence-corrected chi connectivity index (χ1v) is 10.6. The highest BCUT2D eigenvalue weighted by molar-refractivity contribution is 5.97. The molecule has 8 heteroatoms. The van der Waals surface area contributed by atoms with Crippen LogP contribution in [0.1, 0.15) is 27.5 Å². The number of hydrazone groups is 1. The van der Waals surface area contributed by atoms with Crippen LogP contribution in [0.4, 0.5) is 5.69 Å². The molecule has 5 aromatic rings. The van der Waals surface area contributed by atoms with Crippen molar-refractivity contribution < 1.29 is 14.1 Å². The fourth-order valence-corrected chi connectivity index (χ4v) is 4.16. The topological polar surface area (TPSA) is 103 Å². The number of nitro benzene ring substituents is 1. The molecular weight excluding hydrogens is 432 g/mol. The summed E-state index contributed by atoms with van der Waals surface area (Å²) in [4.78, 5) is 22.9. The number of aromatic nitrogens is 1. The maximum Gasteiger partial charge on any atom is 0.307 e. The van der Waals surface area contributed by atoms with E-state index in [1.54, 1.807) is 6.21 Å². The molecule has 168 valence electrons. The summed E-state index contributed by atoms with van der Waals surface area (Å²) in [6, 6.07) is 22.0. The molecule has 34 heavy (non-hydrogen) atoms. The van der Waals surface area contributed by atoms with Gasteiger partial charge in [0.2, 0.25) is 0 Å². The number of benzene rings is 3. The number of rotatable bonds is 5. The van der Waals surface area contributed by atoms with Crippen molar-refractivity contribution in [3.05, 3.63) is 106 Å². The van der Waals surface area contributed by atoms with E-state index in [1.165, 1.54) is 24.3 Å². The number of amides is 1. The van der Waals surface area contributed by atoms with Gasteiger partial charge in [-0.15, -0.1) is 0 Å². The number of aryl methyl sites for hydroxylation is 1. The smallest absolute Gasteiger partial charge is 0.307 e. The average Bonchev–Trinajstić information content (AvgIpc) is 3.38. The van der Waals surface area contributed by atoms with Gasteiger partial charge in [-0.3, -0.25) is 14.9 Å². The van der Waals surface area contributed by atoms with E-state index in [4.69, 9.17) is 4.42 Å². The standard InChI is InChI=1S/C26H20N4O4/c1-16-12-20(17(2)29(16)23-9-5-7-18-6-3-4-8-22(18)23)15-27-28-26(31)25-14-19-13-21(30(32)33)10-11-24(19)34-25/h3-15H,1-2H3,(H,28,31)/b27-15-. The highest BCUT2D eigenvalue weighted by Crippen LogP contribution is 2.27. The Hall–Kier alpha value is -4.72. The van der Waals surface area contributed by atoms with Gasteiger partial charge in [0.05, 0.1) is 16.8 Å². The Labute approximate surface area is 194 Å². The SMILES string of the molecule is Cc1cc(/C=N\NC(=O)c2cc3cc([N+](=O)[O-])ccc3o2)c(C)n1-c1cccc2ccccc12. The van der Waals surface area contributed by atoms with E-state index in [1.807, 2.05) is 38.1 Å². The summed E-state index contributed by atoms with van der Waals surface area (Å²) in [7, 11) is 0. The lowest BCUT2D eigenvalue weighted by atomic mass is 10.1. The predicted octanol–water partition coefficient (Wildman–Crippen LogP) is 5.67. The predicted molar refractivity (Wildman–Crippen MR) is 131 cm³/mol. The molecule has 0 aliphatic heterocycles. The number of hydrogen-bond acceptors (Lipinski definition) is 5. The van der Waals surface area contributed by atoms with Crippen LogP contribution in [0.3, 0.4) is 0 Å². The van der Waals surface area contributed by atoms with E-state index in [2.05, 4.69) is 39.4 Å². The summed E-state index contributed by atoms with van der Waals surface area (Å²) in [6.07, 6.45) is 1.59. The molecule has 0 aliphatic carbocycles. The largest absolute Gasteiger partial charge is 0.451 e. The molecule has 5 rings (SSSR count). The van der Waals surface area contributed by atoms with E-state index in [0.717, 1.165) is 33.4 Å². The maximum absolute atomic E-state index is 12.5.